The molecule has 0 aliphatic rings. The first-order chi connectivity index (χ1) is 37.3. The standard InChI is InChI=1S/C71H56N2O4/c1-9-43-38-54-62(40-45(43)36-42(2)72(47-20-12-10-13-21-47)58-30-18-26-52-50-24-16-28-56(70(3,4)5)66(50)76-68(52)58)74-60-34-35-61-65(64(54)60)55-39-44-32-33-49(37-46(44)41-63(55)75-61)73(48-22-14-11-15-23-48)59-31-19-27-53-51-25-17-29-57(71(6,7)8)67(51)77-69(53)59/h9-41H,1H2,2-8H3/b42-36+. The van der Waals surface area contributed by atoms with Crippen LogP contribution in [-0.2, 0) is 10.8 Å². The lowest BCUT2D eigenvalue weighted by Gasteiger charge is -2.26. The normalized spacial score (nSPS) is 12.7. The summed E-state index contributed by atoms with van der Waals surface area (Å²) in [6, 6.07) is 66.5. The lowest BCUT2D eigenvalue weighted by Crippen LogP contribution is -2.14. The van der Waals surface area contributed by atoms with Crippen molar-refractivity contribution < 1.29 is 17.7 Å². The van der Waals surface area contributed by atoms with Gasteiger partial charge in [-0.3, -0.25) is 0 Å². The van der Waals surface area contributed by atoms with Crippen LogP contribution < -0.4 is 9.80 Å². The predicted octanol–water partition coefficient (Wildman–Crippen LogP) is 21.3. The Labute approximate surface area is 446 Å². The molecule has 14 rings (SSSR count). The number of nitrogens with zero attached hydrogens (tertiary/aromatic N) is 2. The maximum absolute atomic E-state index is 6.94. The molecule has 0 saturated carbocycles. The van der Waals surface area contributed by atoms with Crippen molar-refractivity contribution in [2.24, 2.45) is 0 Å². The molecule has 0 atom stereocenters. The highest BCUT2D eigenvalue weighted by atomic mass is 16.3. The van der Waals surface area contributed by atoms with E-state index in [1.54, 1.807) is 0 Å². The molecule has 4 aromatic heterocycles. The summed E-state index contributed by atoms with van der Waals surface area (Å²) < 4.78 is 27.5. The van der Waals surface area contributed by atoms with Gasteiger partial charge in [0.15, 0.2) is 11.2 Å². The fourth-order valence-electron chi connectivity index (χ4n) is 11.9. The van der Waals surface area contributed by atoms with E-state index < -0.39 is 0 Å². The largest absolute Gasteiger partial charge is 0.456 e. The third-order valence-electron chi connectivity index (χ3n) is 15.5. The molecule has 4 heterocycles. The second-order valence-corrected chi connectivity index (χ2v) is 22.6. The zero-order chi connectivity index (χ0) is 52.5. The minimum atomic E-state index is -0.0902. The van der Waals surface area contributed by atoms with E-state index in [1.165, 1.54) is 11.1 Å². The summed E-state index contributed by atoms with van der Waals surface area (Å²) in [5.41, 5.74) is 16.9. The topological polar surface area (TPSA) is 59.0 Å². The molecule has 0 aliphatic heterocycles. The van der Waals surface area contributed by atoms with Crippen molar-refractivity contribution >= 4 is 139 Å². The average Bonchev–Trinajstić information content (AvgIpc) is 4.27. The zero-order valence-electron chi connectivity index (χ0n) is 44.3. The molecular weight excluding hydrogens is 945 g/mol. The summed E-state index contributed by atoms with van der Waals surface area (Å²) in [7, 11) is 0. The van der Waals surface area contributed by atoms with Gasteiger partial charge in [-0.25, -0.2) is 0 Å². The molecule has 0 spiro atoms. The van der Waals surface area contributed by atoms with Gasteiger partial charge in [0.1, 0.15) is 33.5 Å². The smallest absolute Gasteiger partial charge is 0.159 e. The van der Waals surface area contributed by atoms with Crippen LogP contribution in [0.15, 0.2) is 218 Å². The average molecular weight is 1000 g/mol. The van der Waals surface area contributed by atoms with Crippen LogP contribution in [0.2, 0.25) is 0 Å². The predicted molar refractivity (Wildman–Crippen MR) is 324 cm³/mol. The Morgan fingerprint density at radius 2 is 0.922 bits per heavy atom. The van der Waals surface area contributed by atoms with Gasteiger partial charge in [0.2, 0.25) is 0 Å². The molecule has 10 aromatic carbocycles. The molecule has 0 amide bonds. The molecule has 77 heavy (non-hydrogen) atoms. The number of benzene rings is 10. The lowest BCUT2D eigenvalue weighted by atomic mass is 9.86. The minimum absolute atomic E-state index is 0.0862. The van der Waals surface area contributed by atoms with Gasteiger partial charge in [0, 0.05) is 77.0 Å². The Hall–Kier alpha value is -9.26. The third-order valence-corrected chi connectivity index (χ3v) is 15.5. The molecule has 6 heteroatoms. The Balaban J connectivity index is 0.887. The van der Waals surface area contributed by atoms with Gasteiger partial charge >= 0.3 is 0 Å². The number of furan rings is 4. The highest BCUT2D eigenvalue weighted by molar-refractivity contribution is 6.27. The molecule has 0 aliphatic carbocycles. The zero-order valence-corrected chi connectivity index (χ0v) is 44.3. The number of anilines is 5. The summed E-state index contributed by atoms with van der Waals surface area (Å²) in [6.07, 6.45) is 4.16. The molecule has 0 N–H and O–H groups in total. The van der Waals surface area contributed by atoms with Crippen molar-refractivity contribution in [3.8, 4) is 0 Å². The number of rotatable bonds is 8. The van der Waals surface area contributed by atoms with Crippen LogP contribution >= 0.6 is 0 Å². The molecule has 0 saturated heterocycles. The van der Waals surface area contributed by atoms with Crippen LogP contribution in [0.25, 0.3) is 111 Å². The van der Waals surface area contributed by atoms with Crippen molar-refractivity contribution in [1.82, 2.24) is 0 Å². The fraction of sp³-hybridized carbons (Fsp3) is 0.127. The van der Waals surface area contributed by atoms with Crippen molar-refractivity contribution in [3.05, 3.63) is 223 Å². The highest BCUT2D eigenvalue weighted by Gasteiger charge is 2.27. The van der Waals surface area contributed by atoms with Crippen molar-refractivity contribution in [2.45, 2.75) is 59.3 Å². The van der Waals surface area contributed by atoms with Crippen LogP contribution in [0.4, 0.5) is 28.4 Å². The van der Waals surface area contributed by atoms with E-state index in [9.17, 15) is 0 Å². The van der Waals surface area contributed by atoms with E-state index in [2.05, 4.69) is 247 Å². The van der Waals surface area contributed by atoms with Crippen LogP contribution in [-0.4, -0.2) is 0 Å². The van der Waals surface area contributed by atoms with Crippen molar-refractivity contribution in [1.29, 1.82) is 0 Å². The first-order valence-corrected chi connectivity index (χ1v) is 26.5. The quantitative estimate of drug-likeness (QED) is 0.151. The van der Waals surface area contributed by atoms with E-state index in [0.717, 1.165) is 144 Å². The van der Waals surface area contributed by atoms with E-state index in [4.69, 9.17) is 17.7 Å². The Kier molecular flexibility index (Phi) is 10.3. The molecule has 14 aromatic rings. The van der Waals surface area contributed by atoms with Crippen LogP contribution in [0.3, 0.4) is 0 Å². The highest BCUT2D eigenvalue weighted by Crippen LogP contribution is 2.48. The van der Waals surface area contributed by atoms with Gasteiger partial charge in [-0.05, 0) is 131 Å². The maximum atomic E-state index is 6.94. The van der Waals surface area contributed by atoms with Crippen molar-refractivity contribution in [2.75, 3.05) is 9.80 Å². The summed E-state index contributed by atoms with van der Waals surface area (Å²) in [5.74, 6) is 0. The van der Waals surface area contributed by atoms with Gasteiger partial charge < -0.3 is 27.5 Å². The maximum Gasteiger partial charge on any atom is 0.159 e. The number of hydrogen-bond donors (Lipinski definition) is 0. The molecule has 0 radical (unpaired) electrons. The van der Waals surface area contributed by atoms with Gasteiger partial charge in [-0.1, -0.05) is 157 Å². The number of hydrogen-bond acceptors (Lipinski definition) is 6. The Bertz CT molecular complexity index is 4740. The van der Waals surface area contributed by atoms with Gasteiger partial charge in [-0.2, -0.15) is 0 Å². The van der Waals surface area contributed by atoms with E-state index in [0.29, 0.717) is 0 Å². The van der Waals surface area contributed by atoms with Crippen LogP contribution in [0.1, 0.15) is 70.7 Å². The fourth-order valence-corrected chi connectivity index (χ4v) is 11.9. The second kappa shape index (κ2) is 17.1. The number of para-hydroxylation sites is 6. The summed E-state index contributed by atoms with van der Waals surface area (Å²) in [6.45, 7) is 19.9. The van der Waals surface area contributed by atoms with Crippen LogP contribution in [0.5, 0.6) is 0 Å². The summed E-state index contributed by atoms with van der Waals surface area (Å²) in [5, 5.41) is 10.6. The Morgan fingerprint density at radius 1 is 0.403 bits per heavy atom. The molecular formula is C71H56N2O4. The second-order valence-electron chi connectivity index (χ2n) is 22.6. The van der Waals surface area contributed by atoms with E-state index in [1.807, 2.05) is 18.2 Å². The lowest BCUT2D eigenvalue weighted by molar-refractivity contribution is 0.572. The first-order valence-electron chi connectivity index (χ1n) is 26.5. The molecule has 0 unspecified atom stereocenters. The van der Waals surface area contributed by atoms with Gasteiger partial charge in [-0.15, -0.1) is 0 Å². The van der Waals surface area contributed by atoms with Gasteiger partial charge in [0.25, 0.3) is 0 Å². The van der Waals surface area contributed by atoms with Gasteiger partial charge in [0.05, 0.1) is 11.4 Å². The molecule has 0 fully saturated rings. The summed E-state index contributed by atoms with van der Waals surface area (Å²) >= 11 is 0. The SMILES string of the molecule is C=Cc1cc2c(cc1/C=C(\C)N(c1ccccc1)c1cccc3c1oc1c(C(C)(C)C)cccc13)oc1ccc3oc4cc5cc(N(c6ccccc6)c6cccc7c6oc6c(C(C)(C)C)cccc67)ccc5cc4c3c12. The molecule has 6 nitrogen and oxygen atoms in total. The minimum Gasteiger partial charge on any atom is -0.456 e. The number of allylic oxidation sites excluding steroid dienone is 1. The van der Waals surface area contributed by atoms with E-state index in [-0.39, 0.29) is 10.8 Å². The van der Waals surface area contributed by atoms with E-state index >= 15 is 0 Å². The summed E-state index contributed by atoms with van der Waals surface area (Å²) in [4.78, 5) is 4.59. The van der Waals surface area contributed by atoms with Crippen molar-refractivity contribution in [3.63, 3.8) is 0 Å². The molecule has 0 bridgehead atoms. The third kappa shape index (κ3) is 7.38. The molecule has 374 valence electrons. The first kappa shape index (κ1) is 46.3. The monoisotopic (exact) mass is 1000 g/mol. The van der Waals surface area contributed by atoms with Crippen LogP contribution in [0, 0.1) is 0 Å². The Morgan fingerprint density at radius 3 is 1.51 bits per heavy atom. The number of fused-ring (bicyclic) bond motifs is 14.